The van der Waals surface area contributed by atoms with E-state index in [4.69, 9.17) is 4.74 Å². The molecule has 0 fully saturated rings. The van der Waals surface area contributed by atoms with E-state index in [-0.39, 0.29) is 0 Å². The molecule has 0 spiro atoms. The largest absolute Gasteiger partial charge is 0.488 e. The van der Waals surface area contributed by atoms with Crippen molar-refractivity contribution in [2.24, 2.45) is 0 Å². The minimum absolute atomic E-state index is 0.612. The molecule has 1 aromatic heterocycles. The van der Waals surface area contributed by atoms with E-state index in [1.165, 1.54) is 11.1 Å². The lowest BCUT2D eigenvalue weighted by molar-refractivity contribution is 0.301. The summed E-state index contributed by atoms with van der Waals surface area (Å²) in [5, 5.41) is 0. The highest BCUT2D eigenvalue weighted by molar-refractivity contribution is 5.56. The van der Waals surface area contributed by atoms with Crippen molar-refractivity contribution >= 4 is 5.82 Å². The van der Waals surface area contributed by atoms with Crippen molar-refractivity contribution in [1.29, 1.82) is 0 Å². The van der Waals surface area contributed by atoms with E-state index in [9.17, 15) is 0 Å². The highest BCUT2D eigenvalue weighted by Crippen LogP contribution is 2.33. The standard InChI is InChI=1S/C17H20N2O/c1-13-11-16(20-12-14-7-4-3-5-8-14)15-9-6-10-19(2)17(15)18-13/h3-5,7-8,11H,6,9-10,12H2,1-2H3. The van der Waals surface area contributed by atoms with Crippen molar-refractivity contribution in [1.82, 2.24) is 4.98 Å². The number of hydrogen-bond donors (Lipinski definition) is 0. The number of fused-ring (bicyclic) bond motifs is 1. The second-order valence-electron chi connectivity index (χ2n) is 5.36. The van der Waals surface area contributed by atoms with Gasteiger partial charge in [0.1, 0.15) is 18.2 Å². The molecule has 0 unspecified atom stereocenters. The molecule has 0 radical (unpaired) electrons. The normalized spacial score (nSPS) is 14.0. The molecule has 0 atom stereocenters. The number of pyridine rings is 1. The van der Waals surface area contributed by atoms with Gasteiger partial charge in [0.2, 0.25) is 0 Å². The number of ether oxygens (including phenoxy) is 1. The van der Waals surface area contributed by atoms with E-state index in [0.29, 0.717) is 6.61 Å². The third kappa shape index (κ3) is 2.62. The predicted octanol–water partition coefficient (Wildman–Crippen LogP) is 3.35. The first-order valence-electron chi connectivity index (χ1n) is 7.12. The first-order valence-corrected chi connectivity index (χ1v) is 7.12. The zero-order chi connectivity index (χ0) is 13.9. The van der Waals surface area contributed by atoms with E-state index < -0.39 is 0 Å². The Balaban J connectivity index is 1.86. The molecular weight excluding hydrogens is 248 g/mol. The van der Waals surface area contributed by atoms with Crippen LogP contribution < -0.4 is 9.64 Å². The van der Waals surface area contributed by atoms with Gasteiger partial charge < -0.3 is 9.64 Å². The van der Waals surface area contributed by atoms with Gasteiger partial charge in [-0.1, -0.05) is 30.3 Å². The first kappa shape index (κ1) is 13.0. The second kappa shape index (κ2) is 5.53. The van der Waals surface area contributed by atoms with Gasteiger partial charge in [-0.25, -0.2) is 4.98 Å². The van der Waals surface area contributed by atoms with Crippen LogP contribution >= 0.6 is 0 Å². The third-order valence-electron chi connectivity index (χ3n) is 3.71. The monoisotopic (exact) mass is 268 g/mol. The van der Waals surface area contributed by atoms with Crippen molar-refractivity contribution in [2.75, 3.05) is 18.5 Å². The summed E-state index contributed by atoms with van der Waals surface area (Å²) in [5.41, 5.74) is 3.46. The van der Waals surface area contributed by atoms with Gasteiger partial charge in [0.05, 0.1) is 0 Å². The fourth-order valence-electron chi connectivity index (χ4n) is 2.67. The number of rotatable bonds is 3. The van der Waals surface area contributed by atoms with Crippen LogP contribution in [-0.2, 0) is 13.0 Å². The molecule has 2 aromatic rings. The summed E-state index contributed by atoms with van der Waals surface area (Å²) in [6, 6.07) is 12.3. The predicted molar refractivity (Wildman–Crippen MR) is 81.3 cm³/mol. The molecular formula is C17H20N2O. The summed E-state index contributed by atoms with van der Waals surface area (Å²) in [4.78, 5) is 6.88. The van der Waals surface area contributed by atoms with E-state index >= 15 is 0 Å². The summed E-state index contributed by atoms with van der Waals surface area (Å²) in [7, 11) is 2.10. The Morgan fingerprint density at radius 2 is 2.05 bits per heavy atom. The molecule has 104 valence electrons. The molecule has 0 N–H and O–H groups in total. The molecule has 0 saturated carbocycles. The molecule has 2 heterocycles. The third-order valence-corrected chi connectivity index (χ3v) is 3.71. The maximum Gasteiger partial charge on any atom is 0.135 e. The summed E-state index contributed by atoms with van der Waals surface area (Å²) in [5.74, 6) is 2.07. The van der Waals surface area contributed by atoms with Gasteiger partial charge in [-0.2, -0.15) is 0 Å². The van der Waals surface area contributed by atoms with Gasteiger partial charge in [-0.15, -0.1) is 0 Å². The topological polar surface area (TPSA) is 25.4 Å². The fourth-order valence-corrected chi connectivity index (χ4v) is 2.67. The lowest BCUT2D eigenvalue weighted by Crippen LogP contribution is -2.26. The molecule has 1 aliphatic heterocycles. The minimum Gasteiger partial charge on any atom is -0.488 e. The summed E-state index contributed by atoms with van der Waals surface area (Å²) in [6.07, 6.45) is 2.22. The number of nitrogens with zero attached hydrogens (tertiary/aromatic N) is 2. The second-order valence-corrected chi connectivity index (χ2v) is 5.36. The number of benzene rings is 1. The van der Waals surface area contributed by atoms with E-state index in [1.54, 1.807) is 0 Å². The molecule has 0 bridgehead atoms. The summed E-state index contributed by atoms with van der Waals surface area (Å²) >= 11 is 0. The Hall–Kier alpha value is -2.03. The number of aromatic nitrogens is 1. The van der Waals surface area contributed by atoms with Crippen LogP contribution in [0.4, 0.5) is 5.82 Å². The van der Waals surface area contributed by atoms with Crippen molar-refractivity contribution in [3.8, 4) is 5.75 Å². The van der Waals surface area contributed by atoms with Crippen LogP contribution in [-0.4, -0.2) is 18.6 Å². The number of anilines is 1. The van der Waals surface area contributed by atoms with Crippen molar-refractivity contribution in [2.45, 2.75) is 26.4 Å². The van der Waals surface area contributed by atoms with Gasteiger partial charge in [0.15, 0.2) is 0 Å². The Bertz CT molecular complexity index is 595. The van der Waals surface area contributed by atoms with Crippen LogP contribution in [0.5, 0.6) is 5.75 Å². The molecule has 0 aliphatic carbocycles. The van der Waals surface area contributed by atoms with Gasteiger partial charge in [-0.05, 0) is 25.3 Å². The molecule has 3 nitrogen and oxygen atoms in total. The summed E-state index contributed by atoms with van der Waals surface area (Å²) < 4.78 is 6.05. The van der Waals surface area contributed by atoms with Gasteiger partial charge in [0.25, 0.3) is 0 Å². The van der Waals surface area contributed by atoms with Gasteiger partial charge >= 0.3 is 0 Å². The molecule has 20 heavy (non-hydrogen) atoms. The molecule has 3 heteroatoms. The first-order chi connectivity index (χ1) is 9.74. The lowest BCUT2D eigenvalue weighted by atomic mass is 10.0. The van der Waals surface area contributed by atoms with Gasteiger partial charge in [0, 0.05) is 30.9 Å². The van der Waals surface area contributed by atoms with Crippen molar-refractivity contribution in [3.05, 3.63) is 53.2 Å². The van der Waals surface area contributed by atoms with Crippen LogP contribution in [0.2, 0.25) is 0 Å². The van der Waals surface area contributed by atoms with E-state index in [0.717, 1.165) is 36.6 Å². The molecule has 3 rings (SSSR count). The highest BCUT2D eigenvalue weighted by atomic mass is 16.5. The average molecular weight is 268 g/mol. The zero-order valence-corrected chi connectivity index (χ0v) is 12.1. The van der Waals surface area contributed by atoms with E-state index in [2.05, 4.69) is 35.1 Å². The lowest BCUT2D eigenvalue weighted by Gasteiger charge is -2.28. The van der Waals surface area contributed by atoms with Crippen molar-refractivity contribution < 1.29 is 4.74 Å². The Morgan fingerprint density at radius 1 is 1.25 bits per heavy atom. The van der Waals surface area contributed by atoms with Crippen LogP contribution in [0, 0.1) is 6.92 Å². The van der Waals surface area contributed by atoms with Crippen LogP contribution in [0.1, 0.15) is 23.2 Å². The molecule has 1 aromatic carbocycles. The maximum absolute atomic E-state index is 6.05. The Kier molecular flexibility index (Phi) is 3.59. The smallest absolute Gasteiger partial charge is 0.135 e. The van der Waals surface area contributed by atoms with Crippen LogP contribution in [0.3, 0.4) is 0 Å². The number of hydrogen-bond acceptors (Lipinski definition) is 3. The van der Waals surface area contributed by atoms with Gasteiger partial charge in [-0.3, -0.25) is 0 Å². The van der Waals surface area contributed by atoms with E-state index in [1.807, 2.05) is 25.1 Å². The maximum atomic E-state index is 6.05. The summed E-state index contributed by atoms with van der Waals surface area (Å²) in [6.45, 7) is 3.71. The molecule has 0 saturated heterocycles. The Morgan fingerprint density at radius 3 is 2.85 bits per heavy atom. The quantitative estimate of drug-likeness (QED) is 0.853. The Labute approximate surface area is 120 Å². The van der Waals surface area contributed by atoms with Crippen LogP contribution in [0.25, 0.3) is 0 Å². The minimum atomic E-state index is 0.612. The van der Waals surface area contributed by atoms with Crippen molar-refractivity contribution in [3.63, 3.8) is 0 Å². The highest BCUT2D eigenvalue weighted by Gasteiger charge is 2.20. The fraction of sp³-hybridized carbons (Fsp3) is 0.353. The molecule has 0 amide bonds. The zero-order valence-electron chi connectivity index (χ0n) is 12.1. The van der Waals surface area contributed by atoms with Crippen LogP contribution in [0.15, 0.2) is 36.4 Å². The molecule has 1 aliphatic rings. The number of aryl methyl sites for hydroxylation is 1. The average Bonchev–Trinajstić information content (AvgIpc) is 2.47. The SMILES string of the molecule is Cc1cc(OCc2ccccc2)c2c(n1)N(C)CCC2.